The molecule has 9 nitrogen and oxygen atoms in total. The standard InChI is InChI=1S/C4H7N2O7PS/c1-12-14(9,13-2)4(8)6-15(10,11)5-3-7/h1-2H3,(H,6,8). The third kappa shape index (κ3) is 3.90. The van der Waals surface area contributed by atoms with Gasteiger partial charge in [0.25, 0.3) is 6.08 Å². The van der Waals surface area contributed by atoms with Crippen molar-refractivity contribution in [2.45, 2.75) is 0 Å². The van der Waals surface area contributed by atoms with Gasteiger partial charge in [-0.1, -0.05) is 4.40 Å². The Hall–Kier alpha value is -1.05. The lowest BCUT2D eigenvalue weighted by molar-refractivity contribution is 0.237. The Morgan fingerprint density at radius 3 is 2.20 bits per heavy atom. The number of isocyanates is 1. The minimum absolute atomic E-state index is 0.702. The van der Waals surface area contributed by atoms with Gasteiger partial charge in [0.15, 0.2) is 0 Å². The Morgan fingerprint density at radius 2 is 1.87 bits per heavy atom. The highest BCUT2D eigenvalue weighted by Gasteiger charge is 2.35. The second kappa shape index (κ2) is 5.15. The number of nitrogens with zero attached hydrogens (tertiary/aromatic N) is 1. The van der Waals surface area contributed by atoms with E-state index in [1.54, 1.807) is 0 Å². The number of amides is 1. The fourth-order valence-electron chi connectivity index (χ4n) is 0.478. The Labute approximate surface area is 85.2 Å². The zero-order valence-electron chi connectivity index (χ0n) is 7.66. The summed E-state index contributed by atoms with van der Waals surface area (Å²) in [5, 5.41) is 0. The summed E-state index contributed by atoms with van der Waals surface area (Å²) in [4.78, 5) is 20.7. The van der Waals surface area contributed by atoms with E-state index in [0.717, 1.165) is 14.2 Å². The molecule has 0 aliphatic carbocycles. The van der Waals surface area contributed by atoms with Gasteiger partial charge in [-0.15, -0.1) is 0 Å². The third-order valence-corrected chi connectivity index (χ3v) is 3.58. The van der Waals surface area contributed by atoms with Crippen LogP contribution < -0.4 is 4.72 Å². The molecule has 1 amide bonds. The summed E-state index contributed by atoms with van der Waals surface area (Å²) < 4.78 is 44.6. The normalized spacial score (nSPS) is 11.6. The van der Waals surface area contributed by atoms with Gasteiger partial charge in [0.2, 0.25) is 0 Å². The first-order chi connectivity index (χ1) is 6.81. The largest absolute Gasteiger partial charge is 0.418 e. The minimum atomic E-state index is -4.56. The van der Waals surface area contributed by atoms with Crippen molar-refractivity contribution in [2.75, 3.05) is 14.2 Å². The molecule has 0 aromatic carbocycles. The summed E-state index contributed by atoms with van der Waals surface area (Å²) >= 11 is 0. The van der Waals surface area contributed by atoms with Gasteiger partial charge in [0, 0.05) is 14.2 Å². The van der Waals surface area contributed by atoms with Crippen LogP contribution in [0.25, 0.3) is 0 Å². The van der Waals surface area contributed by atoms with Crippen LogP contribution in [-0.4, -0.2) is 34.4 Å². The number of carbonyl (C=O) groups is 1. The van der Waals surface area contributed by atoms with Crippen LogP contribution in [0.1, 0.15) is 0 Å². The Morgan fingerprint density at radius 1 is 1.40 bits per heavy atom. The molecular weight excluding hydrogens is 251 g/mol. The molecule has 0 saturated carbocycles. The highest BCUT2D eigenvalue weighted by molar-refractivity contribution is 7.90. The van der Waals surface area contributed by atoms with Gasteiger partial charge in [0.05, 0.1) is 0 Å². The summed E-state index contributed by atoms with van der Waals surface area (Å²) in [6.45, 7) is 0. The van der Waals surface area contributed by atoms with Crippen molar-refractivity contribution in [3.63, 3.8) is 0 Å². The van der Waals surface area contributed by atoms with E-state index < -0.39 is 23.5 Å². The van der Waals surface area contributed by atoms with E-state index in [-0.39, 0.29) is 0 Å². The Kier molecular flexibility index (Phi) is 4.79. The number of nitrogens with one attached hydrogen (secondary N) is 1. The molecule has 0 heterocycles. The average molecular weight is 258 g/mol. The van der Waals surface area contributed by atoms with Gasteiger partial charge in [-0.3, -0.25) is 4.79 Å². The second-order valence-electron chi connectivity index (χ2n) is 1.93. The first-order valence-corrected chi connectivity index (χ1v) is 6.17. The zero-order valence-corrected chi connectivity index (χ0v) is 9.37. The van der Waals surface area contributed by atoms with Crippen LogP contribution in [0.15, 0.2) is 4.40 Å². The van der Waals surface area contributed by atoms with Crippen molar-refractivity contribution in [3.05, 3.63) is 0 Å². The van der Waals surface area contributed by atoms with Crippen LogP contribution in [0.3, 0.4) is 0 Å². The molecule has 1 N–H and O–H groups in total. The van der Waals surface area contributed by atoms with E-state index in [4.69, 9.17) is 0 Å². The highest BCUT2D eigenvalue weighted by atomic mass is 32.2. The van der Waals surface area contributed by atoms with Crippen LogP contribution in [0.2, 0.25) is 0 Å². The van der Waals surface area contributed by atoms with E-state index in [2.05, 4.69) is 13.4 Å². The minimum Gasteiger partial charge on any atom is -0.305 e. The predicted octanol–water partition coefficient (Wildman–Crippen LogP) is -0.237. The second-order valence-corrected chi connectivity index (χ2v) is 5.40. The molecule has 0 aliphatic heterocycles. The molecule has 0 radical (unpaired) electrons. The van der Waals surface area contributed by atoms with Gasteiger partial charge in [0.1, 0.15) is 0 Å². The van der Waals surface area contributed by atoms with E-state index in [9.17, 15) is 22.6 Å². The number of hydrogen-bond donors (Lipinski definition) is 1. The smallest absolute Gasteiger partial charge is 0.305 e. The fourth-order valence-corrected chi connectivity index (χ4v) is 2.12. The van der Waals surface area contributed by atoms with Gasteiger partial charge >= 0.3 is 23.5 Å². The first-order valence-electron chi connectivity index (χ1n) is 3.19. The molecule has 0 rings (SSSR count). The first kappa shape index (κ1) is 13.9. The summed E-state index contributed by atoms with van der Waals surface area (Å²) in [6.07, 6.45) is 0.702. The molecule has 0 aromatic rings. The number of hydrogen-bond acceptors (Lipinski definition) is 7. The predicted molar refractivity (Wildman–Crippen MR) is 47.2 cm³/mol. The lowest BCUT2D eigenvalue weighted by Gasteiger charge is -2.10. The van der Waals surface area contributed by atoms with Crippen LogP contribution in [0, 0.1) is 0 Å². The molecule has 15 heavy (non-hydrogen) atoms. The van der Waals surface area contributed by atoms with E-state index in [1.165, 1.54) is 4.72 Å². The average Bonchev–Trinajstić information content (AvgIpc) is 2.15. The van der Waals surface area contributed by atoms with Crippen LogP contribution in [0.5, 0.6) is 0 Å². The molecule has 86 valence electrons. The molecule has 0 spiro atoms. The molecule has 0 atom stereocenters. The van der Waals surface area contributed by atoms with Crippen molar-refractivity contribution in [3.8, 4) is 0 Å². The van der Waals surface area contributed by atoms with Crippen LogP contribution in [-0.2, 0) is 28.6 Å². The summed E-state index contributed by atoms with van der Waals surface area (Å²) in [5.74, 6) is 0. The molecule has 0 fully saturated rings. The van der Waals surface area contributed by atoms with Gasteiger partial charge in [-0.05, 0) is 0 Å². The summed E-state index contributed by atoms with van der Waals surface area (Å²) in [5.41, 5.74) is -1.55. The molecule has 0 bridgehead atoms. The van der Waals surface area contributed by atoms with Crippen molar-refractivity contribution in [2.24, 2.45) is 4.40 Å². The van der Waals surface area contributed by atoms with Gasteiger partial charge in [-0.25, -0.2) is 14.1 Å². The van der Waals surface area contributed by atoms with E-state index >= 15 is 0 Å². The van der Waals surface area contributed by atoms with Crippen LogP contribution in [0.4, 0.5) is 4.79 Å². The molecule has 0 aromatic heterocycles. The molecule has 0 saturated heterocycles. The van der Waals surface area contributed by atoms with Gasteiger partial charge < -0.3 is 9.05 Å². The zero-order chi connectivity index (χ0) is 12.1. The van der Waals surface area contributed by atoms with Gasteiger partial charge in [-0.2, -0.15) is 8.42 Å². The van der Waals surface area contributed by atoms with Crippen molar-refractivity contribution in [1.82, 2.24) is 4.72 Å². The van der Waals surface area contributed by atoms with Crippen molar-refractivity contribution < 1.29 is 31.6 Å². The molecular formula is C4H7N2O7PS. The lowest BCUT2D eigenvalue weighted by atomic mass is 11.4. The lowest BCUT2D eigenvalue weighted by Crippen LogP contribution is -2.28. The van der Waals surface area contributed by atoms with Crippen LogP contribution >= 0.6 is 7.60 Å². The summed E-state index contributed by atoms with van der Waals surface area (Å²) in [6, 6.07) is 0. The van der Waals surface area contributed by atoms with Crippen molar-refractivity contribution >= 4 is 29.5 Å². The maximum Gasteiger partial charge on any atom is 0.418 e. The fraction of sp³-hybridized carbons (Fsp3) is 0.500. The maximum atomic E-state index is 11.3. The summed E-state index contributed by atoms with van der Waals surface area (Å²) in [7, 11) is -7.00. The Balaban J connectivity index is 4.94. The monoisotopic (exact) mass is 258 g/mol. The maximum absolute atomic E-state index is 11.3. The third-order valence-electron chi connectivity index (χ3n) is 1.10. The van der Waals surface area contributed by atoms with Crippen molar-refractivity contribution in [1.29, 1.82) is 0 Å². The number of rotatable bonds is 5. The SMILES string of the molecule is COP(=O)(OC)C(=O)NS(=O)(=O)N=C=O. The molecule has 11 heteroatoms. The molecule has 0 aliphatic rings. The van der Waals surface area contributed by atoms with E-state index in [0.29, 0.717) is 6.08 Å². The quantitative estimate of drug-likeness (QED) is 0.409. The topological polar surface area (TPSA) is 128 Å². The van der Waals surface area contributed by atoms with E-state index in [1.807, 2.05) is 0 Å². The Bertz CT molecular complexity index is 428. The number of carbonyl (C=O) groups excluding carboxylic acids is 2. The molecule has 0 unspecified atom stereocenters. The highest BCUT2D eigenvalue weighted by Crippen LogP contribution is 2.46.